The minimum absolute atomic E-state index is 0.226. The number of nitrogens with zero attached hydrogens (tertiary/aromatic N) is 6. The van der Waals surface area contributed by atoms with Gasteiger partial charge in [-0.2, -0.15) is 5.10 Å². The van der Waals surface area contributed by atoms with Gasteiger partial charge in [-0.05, 0) is 104 Å². The highest BCUT2D eigenvalue weighted by atomic mass is 35.5. The van der Waals surface area contributed by atoms with Gasteiger partial charge in [0.25, 0.3) is 11.8 Å². The molecule has 6 heterocycles. The van der Waals surface area contributed by atoms with E-state index in [1.165, 1.54) is 5.69 Å². The molecule has 3 fully saturated rings. The second-order valence-electron chi connectivity index (χ2n) is 16.4. The van der Waals surface area contributed by atoms with Crippen LogP contribution in [0.5, 0.6) is 0 Å². The summed E-state index contributed by atoms with van der Waals surface area (Å²) in [4.78, 5) is 58.9. The van der Waals surface area contributed by atoms with Crippen LogP contribution in [0.15, 0.2) is 84.6 Å². The number of rotatable bonds is 9. The lowest BCUT2D eigenvalue weighted by atomic mass is 9.95. The van der Waals surface area contributed by atoms with Crippen LogP contribution in [0.4, 0.5) is 33.4 Å². The number of urea groups is 1. The van der Waals surface area contributed by atoms with Gasteiger partial charge >= 0.3 is 6.03 Å². The third kappa shape index (κ3) is 8.53. The third-order valence-electron chi connectivity index (χ3n) is 12.4. The van der Waals surface area contributed by atoms with Crippen molar-refractivity contribution in [2.75, 3.05) is 72.4 Å². The first-order valence-corrected chi connectivity index (χ1v) is 21.4. The summed E-state index contributed by atoms with van der Waals surface area (Å²) in [5, 5.41) is 17.1. The Hall–Kier alpha value is -6.32. The predicted molar refractivity (Wildman–Crippen MR) is 237 cm³/mol. The van der Waals surface area contributed by atoms with Crippen LogP contribution in [0.2, 0.25) is 5.02 Å². The van der Waals surface area contributed by atoms with E-state index in [0.29, 0.717) is 54.5 Å². The highest BCUT2D eigenvalue weighted by molar-refractivity contribution is 6.34. The average molecular weight is 844 g/mol. The first kappa shape index (κ1) is 40.1. The number of nitrogens with one attached hydrogen (secondary N) is 4. The summed E-state index contributed by atoms with van der Waals surface area (Å²) >= 11 is 6.77. The molecule has 3 saturated heterocycles. The quantitative estimate of drug-likeness (QED) is 0.151. The van der Waals surface area contributed by atoms with Gasteiger partial charge in [0.05, 0.1) is 5.02 Å². The molecule has 5 aliphatic rings. The molecule has 5 amide bonds. The smallest absolute Gasteiger partial charge is 0.328 e. The SMILES string of the molecule is CC1=CC=CC(NC(=O)c2ccc(-c3nn4c(c3C(N)=O)Nc3ccc(N5CCN(CC6CCN(c7ccc(N8CCC(=O)NC8=O)cc7)CC6)CC5)cc3CC4)c(Cl)c2)N1. The number of nitrogens with two attached hydrogens (primary N) is 1. The first-order chi connectivity index (χ1) is 29.6. The number of carbonyl (C=O) groups is 4. The number of piperazine rings is 1. The number of benzene rings is 3. The number of aromatic nitrogens is 2. The van der Waals surface area contributed by atoms with Gasteiger partial charge in [0.1, 0.15) is 23.2 Å². The van der Waals surface area contributed by atoms with E-state index in [2.05, 4.69) is 66.3 Å². The number of hydrogen-bond donors (Lipinski definition) is 5. The number of anilines is 5. The minimum Gasteiger partial charge on any atom is -0.372 e. The van der Waals surface area contributed by atoms with Gasteiger partial charge in [-0.3, -0.25) is 29.5 Å². The van der Waals surface area contributed by atoms with Gasteiger partial charge < -0.3 is 31.5 Å². The fraction of sp³-hybridized carbons (Fsp3) is 0.356. The third-order valence-corrected chi connectivity index (χ3v) is 12.7. The Morgan fingerprint density at radius 1 is 0.852 bits per heavy atom. The molecule has 0 radical (unpaired) electrons. The van der Waals surface area contributed by atoms with Crippen molar-refractivity contribution < 1.29 is 19.2 Å². The average Bonchev–Trinajstić information content (AvgIpc) is 3.51. The van der Waals surface area contributed by atoms with E-state index in [1.54, 1.807) is 27.8 Å². The molecule has 4 aromatic rings. The molecule has 0 saturated carbocycles. The Kier molecular flexibility index (Phi) is 11.2. The highest BCUT2D eigenvalue weighted by Gasteiger charge is 2.30. The van der Waals surface area contributed by atoms with Crippen LogP contribution in [0.25, 0.3) is 11.3 Å². The van der Waals surface area contributed by atoms with Crippen LogP contribution >= 0.6 is 11.6 Å². The van der Waals surface area contributed by atoms with Gasteiger partial charge in [0.2, 0.25) is 5.91 Å². The van der Waals surface area contributed by atoms with Crippen molar-refractivity contribution in [3.05, 3.63) is 106 Å². The Labute approximate surface area is 359 Å². The Bertz CT molecular complexity index is 2430. The molecule has 15 nitrogen and oxygen atoms in total. The molecule has 316 valence electrons. The van der Waals surface area contributed by atoms with Crippen molar-refractivity contribution in [2.24, 2.45) is 11.7 Å². The molecule has 9 rings (SSSR count). The molecule has 0 aliphatic carbocycles. The second-order valence-corrected chi connectivity index (χ2v) is 16.8. The van der Waals surface area contributed by atoms with E-state index >= 15 is 0 Å². The van der Waals surface area contributed by atoms with Gasteiger partial charge in [0.15, 0.2) is 0 Å². The number of halogens is 1. The minimum atomic E-state index is -0.624. The maximum atomic E-state index is 13.0. The van der Waals surface area contributed by atoms with E-state index in [4.69, 9.17) is 22.4 Å². The molecule has 0 bridgehead atoms. The van der Waals surface area contributed by atoms with Crippen molar-refractivity contribution in [1.82, 2.24) is 30.6 Å². The zero-order valence-electron chi connectivity index (χ0n) is 34.1. The zero-order chi connectivity index (χ0) is 42.2. The lowest BCUT2D eigenvalue weighted by molar-refractivity contribution is -0.120. The monoisotopic (exact) mass is 843 g/mol. The number of fused-ring (bicyclic) bond motifs is 2. The Morgan fingerprint density at radius 2 is 1.59 bits per heavy atom. The van der Waals surface area contributed by atoms with Crippen molar-refractivity contribution in [3.63, 3.8) is 0 Å². The van der Waals surface area contributed by atoms with E-state index in [-0.39, 0.29) is 34.6 Å². The van der Waals surface area contributed by atoms with E-state index < -0.39 is 5.91 Å². The Morgan fingerprint density at radius 3 is 2.31 bits per heavy atom. The highest BCUT2D eigenvalue weighted by Crippen LogP contribution is 2.38. The number of primary amides is 1. The molecule has 1 unspecified atom stereocenters. The van der Waals surface area contributed by atoms with Crippen LogP contribution < -0.4 is 41.7 Å². The first-order valence-electron chi connectivity index (χ1n) is 21.0. The van der Waals surface area contributed by atoms with E-state index in [0.717, 1.165) is 87.0 Å². The largest absolute Gasteiger partial charge is 0.372 e. The summed E-state index contributed by atoms with van der Waals surface area (Å²) in [7, 11) is 0. The molecule has 1 atom stereocenters. The Balaban J connectivity index is 0.787. The predicted octanol–water partition coefficient (Wildman–Crippen LogP) is 5.21. The standard InChI is InChI=1S/C45H50ClN11O4/c1-28-3-2-4-38(48-28)50-44(60)31-5-11-35(36(46)26-31)41-40(42(47)59)43-49-37-12-10-34(25-30(37)15-20-57(43)52-41)55-23-21-53(22-24-55)27-29-13-17-54(18-14-29)32-6-8-33(9-7-32)56-19-16-39(58)51-45(56)61/h2-12,25-26,29,38,48-49H,13-24,27H2,1H3,(H2,47,59)(H,50,60)(H,51,58,61). The number of hydrogen-bond acceptors (Lipinski definition) is 10. The number of dihydropyridines is 1. The van der Waals surface area contributed by atoms with E-state index in [1.807, 2.05) is 37.3 Å². The van der Waals surface area contributed by atoms with Crippen LogP contribution in [0, 0.1) is 5.92 Å². The molecule has 5 aliphatic heterocycles. The molecule has 6 N–H and O–H groups in total. The summed E-state index contributed by atoms with van der Waals surface area (Å²) < 4.78 is 1.78. The molecule has 0 spiro atoms. The number of piperidine rings is 1. The van der Waals surface area contributed by atoms with Crippen LogP contribution in [0.1, 0.15) is 52.5 Å². The fourth-order valence-corrected chi connectivity index (χ4v) is 9.29. The number of aryl methyl sites for hydroxylation is 2. The molecular formula is C45H50ClN11O4. The van der Waals surface area contributed by atoms with Crippen LogP contribution in [-0.4, -0.2) is 97.0 Å². The maximum absolute atomic E-state index is 13.0. The maximum Gasteiger partial charge on any atom is 0.328 e. The van der Waals surface area contributed by atoms with Crippen molar-refractivity contribution in [1.29, 1.82) is 0 Å². The van der Waals surface area contributed by atoms with Crippen molar-refractivity contribution in [3.8, 4) is 11.3 Å². The molecule has 61 heavy (non-hydrogen) atoms. The summed E-state index contributed by atoms with van der Waals surface area (Å²) in [6.07, 6.45) is 8.63. The number of carbonyl (C=O) groups excluding carboxylic acids is 4. The van der Waals surface area contributed by atoms with Crippen molar-refractivity contribution in [2.45, 2.75) is 45.3 Å². The fourth-order valence-electron chi connectivity index (χ4n) is 9.02. The molecular weight excluding hydrogens is 794 g/mol. The lowest BCUT2D eigenvalue weighted by Gasteiger charge is -2.40. The normalized spacial score (nSPS) is 19.5. The topological polar surface area (TPSA) is 173 Å². The molecule has 1 aromatic heterocycles. The van der Waals surface area contributed by atoms with Gasteiger partial charge in [-0.1, -0.05) is 23.7 Å². The second kappa shape index (κ2) is 17.0. The number of amides is 5. The number of allylic oxidation sites excluding steroid dienone is 3. The van der Waals surface area contributed by atoms with Crippen LogP contribution in [0.3, 0.4) is 0 Å². The van der Waals surface area contributed by atoms with Gasteiger partial charge in [-0.25, -0.2) is 9.48 Å². The molecule has 3 aromatic carbocycles. The summed E-state index contributed by atoms with van der Waals surface area (Å²) in [6, 6.07) is 19.2. The lowest BCUT2D eigenvalue weighted by Crippen LogP contribution is -2.49. The number of imide groups is 1. The van der Waals surface area contributed by atoms with E-state index in [9.17, 15) is 19.2 Å². The summed E-state index contributed by atoms with van der Waals surface area (Å²) in [6.45, 7) is 9.88. The summed E-state index contributed by atoms with van der Waals surface area (Å²) in [5.74, 6) is 0.0305. The van der Waals surface area contributed by atoms with Gasteiger partial charge in [0, 0.05) is 105 Å². The molecule has 16 heteroatoms. The zero-order valence-corrected chi connectivity index (χ0v) is 34.9. The van der Waals surface area contributed by atoms with Gasteiger partial charge in [-0.15, -0.1) is 0 Å². The summed E-state index contributed by atoms with van der Waals surface area (Å²) in [5.41, 5.74) is 13.6. The van der Waals surface area contributed by atoms with Crippen LogP contribution in [-0.2, 0) is 17.8 Å². The van der Waals surface area contributed by atoms with Crippen molar-refractivity contribution >= 4 is 63.9 Å².